The van der Waals surface area contributed by atoms with Crippen molar-refractivity contribution >= 4 is 18.3 Å². The second kappa shape index (κ2) is 7.82. The van der Waals surface area contributed by atoms with Crippen molar-refractivity contribution in [2.75, 3.05) is 26.7 Å². The normalized spacial score (nSPS) is 32.2. The van der Waals surface area contributed by atoms with E-state index in [9.17, 15) is 4.79 Å². The Balaban J connectivity index is 0.00000161. The number of carbonyl (C=O) groups excluding carboxylic acids is 1. The molecule has 3 nitrogen and oxygen atoms in total. The molecular weight excluding hydrogens is 284 g/mol. The van der Waals surface area contributed by atoms with E-state index in [1.54, 1.807) is 0 Å². The van der Waals surface area contributed by atoms with E-state index in [1.165, 1.54) is 44.9 Å². The SMILES string of the molecule is CNCCC1CCN(C(=O)CC2CC3CCC2C3)CC1.Cl. The summed E-state index contributed by atoms with van der Waals surface area (Å²) in [5, 5.41) is 3.23. The van der Waals surface area contributed by atoms with Crippen LogP contribution in [0.25, 0.3) is 0 Å². The quantitative estimate of drug-likeness (QED) is 0.846. The first-order valence-corrected chi connectivity index (χ1v) is 8.68. The molecule has 1 N–H and O–H groups in total. The second-order valence-corrected chi connectivity index (χ2v) is 7.36. The van der Waals surface area contributed by atoms with E-state index < -0.39 is 0 Å². The van der Waals surface area contributed by atoms with Gasteiger partial charge in [-0.2, -0.15) is 0 Å². The molecule has 0 aromatic rings. The average molecular weight is 315 g/mol. The van der Waals surface area contributed by atoms with Gasteiger partial charge in [0.25, 0.3) is 0 Å². The van der Waals surface area contributed by atoms with Crippen molar-refractivity contribution in [2.24, 2.45) is 23.7 Å². The Bertz CT molecular complexity index is 342. The van der Waals surface area contributed by atoms with Crippen LogP contribution in [-0.2, 0) is 4.79 Å². The lowest BCUT2D eigenvalue weighted by atomic mass is 9.85. The summed E-state index contributed by atoms with van der Waals surface area (Å²) >= 11 is 0. The lowest BCUT2D eigenvalue weighted by molar-refractivity contribution is -0.134. The van der Waals surface area contributed by atoms with Crippen LogP contribution in [0.2, 0.25) is 0 Å². The van der Waals surface area contributed by atoms with Gasteiger partial charge in [0.05, 0.1) is 0 Å². The van der Waals surface area contributed by atoms with E-state index in [4.69, 9.17) is 0 Å². The van der Waals surface area contributed by atoms with Gasteiger partial charge in [-0.05, 0) is 75.8 Å². The number of likely N-dealkylation sites (tertiary alicyclic amines) is 1. The zero-order valence-electron chi connectivity index (χ0n) is 13.4. The lowest BCUT2D eigenvalue weighted by Gasteiger charge is -2.33. The molecule has 1 heterocycles. The third-order valence-corrected chi connectivity index (χ3v) is 6.09. The molecule has 3 unspecified atom stereocenters. The number of carbonyl (C=O) groups is 1. The van der Waals surface area contributed by atoms with E-state index in [-0.39, 0.29) is 12.4 Å². The molecule has 1 aliphatic heterocycles. The number of hydrogen-bond donors (Lipinski definition) is 1. The van der Waals surface area contributed by atoms with E-state index in [2.05, 4.69) is 10.2 Å². The summed E-state index contributed by atoms with van der Waals surface area (Å²) in [7, 11) is 2.02. The molecule has 1 amide bonds. The monoisotopic (exact) mass is 314 g/mol. The molecule has 0 aromatic carbocycles. The molecule has 1 saturated heterocycles. The summed E-state index contributed by atoms with van der Waals surface area (Å²) in [5.41, 5.74) is 0. The standard InChI is InChI=1S/C17H30N2O.ClH/c1-18-7-4-13-5-8-19(9-6-13)17(20)12-16-11-14-2-3-15(16)10-14;/h13-16,18H,2-12H2,1H3;1H. The van der Waals surface area contributed by atoms with Gasteiger partial charge in [-0.15, -0.1) is 12.4 Å². The summed E-state index contributed by atoms with van der Waals surface area (Å²) in [6.45, 7) is 3.13. The Morgan fingerprint density at radius 1 is 1.14 bits per heavy atom. The smallest absolute Gasteiger partial charge is 0.222 e. The molecule has 0 spiro atoms. The molecule has 0 aromatic heterocycles. The molecule has 3 aliphatic rings. The van der Waals surface area contributed by atoms with Gasteiger partial charge < -0.3 is 10.2 Å². The van der Waals surface area contributed by atoms with Gasteiger partial charge in [0.2, 0.25) is 5.91 Å². The molecule has 3 atom stereocenters. The minimum atomic E-state index is 0. The number of fused-ring (bicyclic) bond motifs is 2. The van der Waals surface area contributed by atoms with Crippen LogP contribution >= 0.6 is 12.4 Å². The van der Waals surface area contributed by atoms with E-state index in [0.717, 1.165) is 49.7 Å². The van der Waals surface area contributed by atoms with Crippen molar-refractivity contribution in [3.63, 3.8) is 0 Å². The highest BCUT2D eigenvalue weighted by molar-refractivity contribution is 5.85. The molecule has 3 fully saturated rings. The zero-order chi connectivity index (χ0) is 13.9. The van der Waals surface area contributed by atoms with Gasteiger partial charge in [-0.1, -0.05) is 6.42 Å². The number of halogens is 1. The van der Waals surface area contributed by atoms with Gasteiger partial charge in [0.1, 0.15) is 0 Å². The molecule has 0 radical (unpaired) electrons. The predicted octanol–water partition coefficient (Wildman–Crippen LogP) is 3.08. The van der Waals surface area contributed by atoms with Crippen LogP contribution in [0.3, 0.4) is 0 Å². The van der Waals surface area contributed by atoms with Gasteiger partial charge in [0.15, 0.2) is 0 Å². The molecule has 21 heavy (non-hydrogen) atoms. The van der Waals surface area contributed by atoms with Crippen molar-refractivity contribution in [3.8, 4) is 0 Å². The summed E-state index contributed by atoms with van der Waals surface area (Å²) in [4.78, 5) is 14.6. The Labute approximate surface area is 135 Å². The van der Waals surface area contributed by atoms with Crippen LogP contribution in [0.15, 0.2) is 0 Å². The topological polar surface area (TPSA) is 32.3 Å². The highest BCUT2D eigenvalue weighted by Gasteiger charge is 2.40. The number of rotatable bonds is 5. The fraction of sp³-hybridized carbons (Fsp3) is 0.941. The van der Waals surface area contributed by atoms with Gasteiger partial charge >= 0.3 is 0 Å². The molecule has 4 heteroatoms. The second-order valence-electron chi connectivity index (χ2n) is 7.36. The first kappa shape index (κ1) is 17.1. The maximum absolute atomic E-state index is 12.5. The Kier molecular flexibility index (Phi) is 6.36. The van der Waals surface area contributed by atoms with Crippen molar-refractivity contribution in [3.05, 3.63) is 0 Å². The molecular formula is C17H31ClN2O. The molecule has 2 saturated carbocycles. The third kappa shape index (κ3) is 4.13. The minimum Gasteiger partial charge on any atom is -0.343 e. The van der Waals surface area contributed by atoms with Crippen molar-refractivity contribution in [2.45, 2.75) is 51.4 Å². The summed E-state index contributed by atoms with van der Waals surface area (Å²) in [6.07, 6.45) is 10.1. The van der Waals surface area contributed by atoms with Crippen LogP contribution in [0.1, 0.15) is 51.4 Å². The Hall–Kier alpha value is -0.280. The van der Waals surface area contributed by atoms with Crippen LogP contribution in [0.5, 0.6) is 0 Å². The Morgan fingerprint density at radius 2 is 1.90 bits per heavy atom. The molecule has 2 aliphatic carbocycles. The van der Waals surface area contributed by atoms with Crippen LogP contribution in [-0.4, -0.2) is 37.5 Å². The maximum Gasteiger partial charge on any atom is 0.222 e. The van der Waals surface area contributed by atoms with Crippen molar-refractivity contribution < 1.29 is 4.79 Å². The first-order valence-electron chi connectivity index (χ1n) is 8.68. The highest BCUT2D eigenvalue weighted by Crippen LogP contribution is 2.49. The highest BCUT2D eigenvalue weighted by atomic mass is 35.5. The van der Waals surface area contributed by atoms with Crippen LogP contribution < -0.4 is 5.32 Å². The van der Waals surface area contributed by atoms with Gasteiger partial charge in [0, 0.05) is 19.5 Å². The van der Waals surface area contributed by atoms with E-state index in [0.29, 0.717) is 5.91 Å². The predicted molar refractivity (Wildman–Crippen MR) is 88.7 cm³/mol. The van der Waals surface area contributed by atoms with Crippen LogP contribution in [0.4, 0.5) is 0 Å². The van der Waals surface area contributed by atoms with Gasteiger partial charge in [-0.3, -0.25) is 4.79 Å². The largest absolute Gasteiger partial charge is 0.343 e. The zero-order valence-corrected chi connectivity index (χ0v) is 14.2. The molecule has 122 valence electrons. The van der Waals surface area contributed by atoms with Crippen molar-refractivity contribution in [1.82, 2.24) is 10.2 Å². The average Bonchev–Trinajstić information content (AvgIpc) is 3.08. The van der Waals surface area contributed by atoms with E-state index in [1.807, 2.05) is 7.05 Å². The third-order valence-electron chi connectivity index (χ3n) is 6.09. The molecule has 2 bridgehead atoms. The first-order chi connectivity index (χ1) is 9.76. The van der Waals surface area contributed by atoms with Crippen LogP contribution in [0, 0.1) is 23.7 Å². The minimum absolute atomic E-state index is 0. The summed E-state index contributed by atoms with van der Waals surface area (Å²) in [6, 6.07) is 0. The number of nitrogens with one attached hydrogen (secondary N) is 1. The van der Waals surface area contributed by atoms with Crippen molar-refractivity contribution in [1.29, 1.82) is 0 Å². The van der Waals surface area contributed by atoms with E-state index >= 15 is 0 Å². The number of piperidine rings is 1. The lowest BCUT2D eigenvalue weighted by Crippen LogP contribution is -2.40. The fourth-order valence-corrected chi connectivity index (χ4v) is 4.80. The number of hydrogen-bond acceptors (Lipinski definition) is 2. The maximum atomic E-state index is 12.5. The number of amides is 1. The van der Waals surface area contributed by atoms with Gasteiger partial charge in [-0.25, -0.2) is 0 Å². The fourth-order valence-electron chi connectivity index (χ4n) is 4.80. The number of nitrogens with zero attached hydrogens (tertiary/aromatic N) is 1. The summed E-state index contributed by atoms with van der Waals surface area (Å²) < 4.78 is 0. The summed E-state index contributed by atoms with van der Waals surface area (Å²) in [5.74, 6) is 3.86. The molecule has 3 rings (SSSR count). The Morgan fingerprint density at radius 3 is 2.48 bits per heavy atom.